The van der Waals surface area contributed by atoms with Gasteiger partial charge in [-0.25, -0.2) is 0 Å². The Labute approximate surface area is 98.5 Å². The molecule has 0 aromatic carbocycles. The standard InChI is InChI=1S/C14H22N2/c1-11-5-3-7-13(9-11)16-10-14-12(2)6-4-8-15-14/h4,6,8,11,13,16H,3,5,7,9-10H2,1-2H3. The van der Waals surface area contributed by atoms with Gasteiger partial charge in [0.2, 0.25) is 0 Å². The Hall–Kier alpha value is -0.890. The maximum absolute atomic E-state index is 4.42. The summed E-state index contributed by atoms with van der Waals surface area (Å²) in [6.45, 7) is 5.41. The Bertz CT molecular complexity index is 335. The smallest absolute Gasteiger partial charge is 0.0570 e. The van der Waals surface area contributed by atoms with Crippen molar-refractivity contribution in [3.05, 3.63) is 29.6 Å². The molecule has 2 nitrogen and oxygen atoms in total. The molecular weight excluding hydrogens is 196 g/mol. The number of hydrogen-bond acceptors (Lipinski definition) is 2. The van der Waals surface area contributed by atoms with E-state index in [4.69, 9.17) is 0 Å². The monoisotopic (exact) mass is 218 g/mol. The summed E-state index contributed by atoms with van der Waals surface area (Å²) in [5, 5.41) is 3.65. The Morgan fingerprint density at radius 2 is 2.31 bits per heavy atom. The molecule has 1 saturated carbocycles. The Kier molecular flexibility index (Phi) is 3.94. The van der Waals surface area contributed by atoms with Gasteiger partial charge in [-0.2, -0.15) is 0 Å². The molecule has 2 heteroatoms. The third kappa shape index (κ3) is 3.05. The van der Waals surface area contributed by atoms with Gasteiger partial charge in [0.05, 0.1) is 5.69 Å². The van der Waals surface area contributed by atoms with E-state index in [2.05, 4.69) is 30.2 Å². The summed E-state index contributed by atoms with van der Waals surface area (Å²) >= 11 is 0. The van der Waals surface area contributed by atoms with Gasteiger partial charge in [-0.1, -0.05) is 25.8 Å². The van der Waals surface area contributed by atoms with Crippen LogP contribution in [-0.4, -0.2) is 11.0 Å². The van der Waals surface area contributed by atoms with Gasteiger partial charge in [-0.3, -0.25) is 4.98 Å². The molecular formula is C14H22N2. The lowest BCUT2D eigenvalue weighted by atomic mass is 9.87. The maximum Gasteiger partial charge on any atom is 0.0570 e. The van der Waals surface area contributed by atoms with E-state index in [1.807, 2.05) is 12.3 Å². The van der Waals surface area contributed by atoms with Crippen LogP contribution in [0.1, 0.15) is 43.9 Å². The van der Waals surface area contributed by atoms with Crippen molar-refractivity contribution in [1.82, 2.24) is 10.3 Å². The third-order valence-electron chi connectivity index (χ3n) is 3.61. The van der Waals surface area contributed by atoms with E-state index < -0.39 is 0 Å². The van der Waals surface area contributed by atoms with Crippen molar-refractivity contribution in [3.63, 3.8) is 0 Å². The van der Waals surface area contributed by atoms with E-state index in [0.717, 1.165) is 12.5 Å². The van der Waals surface area contributed by atoms with E-state index in [9.17, 15) is 0 Å². The van der Waals surface area contributed by atoms with Gasteiger partial charge in [-0.15, -0.1) is 0 Å². The van der Waals surface area contributed by atoms with Crippen molar-refractivity contribution >= 4 is 0 Å². The maximum atomic E-state index is 4.42. The largest absolute Gasteiger partial charge is 0.308 e. The fraction of sp³-hybridized carbons (Fsp3) is 0.643. The van der Waals surface area contributed by atoms with Crippen LogP contribution >= 0.6 is 0 Å². The predicted octanol–water partition coefficient (Wildman–Crippen LogP) is 3.06. The van der Waals surface area contributed by atoms with Crippen molar-refractivity contribution in [2.45, 2.75) is 52.1 Å². The first kappa shape index (κ1) is 11.6. The second-order valence-corrected chi connectivity index (χ2v) is 5.12. The molecule has 2 rings (SSSR count). The summed E-state index contributed by atoms with van der Waals surface area (Å²) < 4.78 is 0. The number of aromatic nitrogens is 1. The molecule has 0 saturated heterocycles. The normalized spacial score (nSPS) is 25.6. The van der Waals surface area contributed by atoms with Crippen LogP contribution in [0.2, 0.25) is 0 Å². The Balaban J connectivity index is 1.85. The molecule has 1 aromatic heterocycles. The molecule has 88 valence electrons. The lowest BCUT2D eigenvalue weighted by molar-refractivity contribution is 0.299. The molecule has 1 aliphatic carbocycles. The Morgan fingerprint density at radius 1 is 1.44 bits per heavy atom. The average Bonchev–Trinajstić information content (AvgIpc) is 2.28. The number of nitrogens with zero attached hydrogens (tertiary/aromatic N) is 1. The fourth-order valence-electron chi connectivity index (χ4n) is 2.56. The first-order chi connectivity index (χ1) is 7.75. The Morgan fingerprint density at radius 3 is 3.06 bits per heavy atom. The number of aryl methyl sites for hydroxylation is 1. The number of hydrogen-bond donors (Lipinski definition) is 1. The minimum Gasteiger partial charge on any atom is -0.308 e. The summed E-state index contributed by atoms with van der Waals surface area (Å²) in [4.78, 5) is 4.42. The van der Waals surface area contributed by atoms with Crippen LogP contribution in [0, 0.1) is 12.8 Å². The van der Waals surface area contributed by atoms with Gasteiger partial charge in [0, 0.05) is 18.8 Å². The molecule has 2 unspecified atom stereocenters. The van der Waals surface area contributed by atoms with Crippen molar-refractivity contribution in [1.29, 1.82) is 0 Å². The van der Waals surface area contributed by atoms with Crippen molar-refractivity contribution < 1.29 is 0 Å². The third-order valence-corrected chi connectivity index (χ3v) is 3.61. The zero-order valence-electron chi connectivity index (χ0n) is 10.4. The highest BCUT2D eigenvalue weighted by Crippen LogP contribution is 2.23. The zero-order valence-corrected chi connectivity index (χ0v) is 10.4. The highest BCUT2D eigenvalue weighted by molar-refractivity contribution is 5.17. The van der Waals surface area contributed by atoms with Crippen LogP contribution in [0.3, 0.4) is 0 Å². The zero-order chi connectivity index (χ0) is 11.4. The fourth-order valence-corrected chi connectivity index (χ4v) is 2.56. The van der Waals surface area contributed by atoms with Crippen molar-refractivity contribution in [2.24, 2.45) is 5.92 Å². The van der Waals surface area contributed by atoms with Gasteiger partial charge < -0.3 is 5.32 Å². The van der Waals surface area contributed by atoms with Crippen LogP contribution in [0.4, 0.5) is 0 Å². The lowest BCUT2D eigenvalue weighted by Crippen LogP contribution is -2.33. The van der Waals surface area contributed by atoms with Gasteiger partial charge in [0.1, 0.15) is 0 Å². The van der Waals surface area contributed by atoms with E-state index in [0.29, 0.717) is 6.04 Å². The SMILES string of the molecule is Cc1cccnc1CNC1CCCC(C)C1. The second-order valence-electron chi connectivity index (χ2n) is 5.12. The minimum atomic E-state index is 0.699. The summed E-state index contributed by atoms with van der Waals surface area (Å²) in [6.07, 6.45) is 7.32. The highest BCUT2D eigenvalue weighted by atomic mass is 14.9. The molecule has 2 atom stereocenters. The van der Waals surface area contributed by atoms with Gasteiger partial charge in [-0.05, 0) is 37.3 Å². The topological polar surface area (TPSA) is 24.9 Å². The molecule has 0 radical (unpaired) electrons. The molecule has 0 aliphatic heterocycles. The minimum absolute atomic E-state index is 0.699. The molecule has 0 amide bonds. The van der Waals surface area contributed by atoms with Crippen LogP contribution < -0.4 is 5.32 Å². The van der Waals surface area contributed by atoms with E-state index in [1.54, 1.807) is 0 Å². The van der Waals surface area contributed by atoms with E-state index >= 15 is 0 Å². The van der Waals surface area contributed by atoms with E-state index in [-0.39, 0.29) is 0 Å². The van der Waals surface area contributed by atoms with E-state index in [1.165, 1.54) is 36.9 Å². The summed E-state index contributed by atoms with van der Waals surface area (Å²) in [7, 11) is 0. The molecule has 1 fully saturated rings. The first-order valence-electron chi connectivity index (χ1n) is 6.39. The number of rotatable bonds is 3. The first-order valence-corrected chi connectivity index (χ1v) is 6.39. The predicted molar refractivity (Wildman–Crippen MR) is 67.2 cm³/mol. The lowest BCUT2D eigenvalue weighted by Gasteiger charge is -2.27. The van der Waals surface area contributed by atoms with Crippen molar-refractivity contribution in [2.75, 3.05) is 0 Å². The molecule has 0 spiro atoms. The molecule has 1 aromatic rings. The van der Waals surface area contributed by atoms with Crippen LogP contribution in [0.25, 0.3) is 0 Å². The van der Waals surface area contributed by atoms with Gasteiger partial charge in [0.15, 0.2) is 0 Å². The van der Waals surface area contributed by atoms with Gasteiger partial charge >= 0.3 is 0 Å². The number of nitrogens with one attached hydrogen (secondary N) is 1. The molecule has 16 heavy (non-hydrogen) atoms. The van der Waals surface area contributed by atoms with Gasteiger partial charge in [0.25, 0.3) is 0 Å². The number of pyridine rings is 1. The molecule has 1 aliphatic rings. The molecule has 1 heterocycles. The van der Waals surface area contributed by atoms with Crippen LogP contribution in [0.5, 0.6) is 0 Å². The quantitative estimate of drug-likeness (QED) is 0.843. The summed E-state index contributed by atoms with van der Waals surface area (Å²) in [5.41, 5.74) is 2.49. The second kappa shape index (κ2) is 5.44. The summed E-state index contributed by atoms with van der Waals surface area (Å²) in [6, 6.07) is 4.83. The molecule has 1 N–H and O–H groups in total. The highest BCUT2D eigenvalue weighted by Gasteiger charge is 2.18. The van der Waals surface area contributed by atoms with Crippen LogP contribution in [0.15, 0.2) is 18.3 Å². The summed E-state index contributed by atoms with van der Waals surface area (Å²) in [5.74, 6) is 0.885. The average molecular weight is 218 g/mol. The van der Waals surface area contributed by atoms with Crippen molar-refractivity contribution in [3.8, 4) is 0 Å². The molecule has 0 bridgehead atoms. The van der Waals surface area contributed by atoms with Crippen LogP contribution in [-0.2, 0) is 6.54 Å².